The Balaban J connectivity index is 1.85. The summed E-state index contributed by atoms with van der Waals surface area (Å²) in [6.07, 6.45) is 2.72. The third-order valence-electron chi connectivity index (χ3n) is 2.99. The lowest BCUT2D eigenvalue weighted by Crippen LogP contribution is -2.52. The minimum absolute atomic E-state index is 0.0212. The predicted octanol–water partition coefficient (Wildman–Crippen LogP) is 0.398. The number of hydrogen-bond acceptors (Lipinski definition) is 4. The lowest BCUT2D eigenvalue weighted by atomic mass is 10.1. The molecule has 1 amide bonds. The van der Waals surface area contributed by atoms with E-state index in [4.69, 9.17) is 14.9 Å². The molecular weight excluding hydrogens is 220 g/mol. The van der Waals surface area contributed by atoms with Gasteiger partial charge in [0.2, 0.25) is 5.91 Å². The molecule has 1 unspecified atom stereocenters. The lowest BCUT2D eigenvalue weighted by molar-refractivity contribution is -0.139. The molecule has 2 heterocycles. The van der Waals surface area contributed by atoms with Crippen molar-refractivity contribution in [2.75, 3.05) is 26.3 Å². The van der Waals surface area contributed by atoms with Crippen molar-refractivity contribution >= 4 is 5.91 Å². The van der Waals surface area contributed by atoms with Gasteiger partial charge in [0.05, 0.1) is 25.5 Å². The summed E-state index contributed by atoms with van der Waals surface area (Å²) in [5.41, 5.74) is 5.63. The van der Waals surface area contributed by atoms with Crippen LogP contribution in [0.4, 0.5) is 0 Å². The number of hydrogen-bond donors (Lipinski definition) is 1. The average molecular weight is 238 g/mol. The van der Waals surface area contributed by atoms with E-state index in [1.165, 1.54) is 0 Å². The van der Waals surface area contributed by atoms with Gasteiger partial charge in [-0.25, -0.2) is 0 Å². The van der Waals surface area contributed by atoms with Crippen LogP contribution >= 0.6 is 0 Å². The predicted molar refractivity (Wildman–Crippen MR) is 62.4 cm³/mol. The quantitative estimate of drug-likeness (QED) is 0.824. The zero-order valence-corrected chi connectivity index (χ0v) is 9.80. The standard InChI is InChI=1S/C12H18N2O3/c13-8-10-9-16-7-5-14(10)12(15)4-3-11-2-1-6-17-11/h1-2,6,10H,3-5,7-9,13H2. The molecule has 1 aromatic heterocycles. The van der Waals surface area contributed by atoms with Gasteiger partial charge in [-0.3, -0.25) is 4.79 Å². The Morgan fingerprint density at radius 2 is 2.47 bits per heavy atom. The Hall–Kier alpha value is -1.33. The molecule has 5 heteroatoms. The van der Waals surface area contributed by atoms with Gasteiger partial charge in [0.15, 0.2) is 0 Å². The lowest BCUT2D eigenvalue weighted by Gasteiger charge is -2.34. The van der Waals surface area contributed by atoms with Crippen LogP contribution in [0.25, 0.3) is 0 Å². The van der Waals surface area contributed by atoms with Crippen LogP contribution in [0.1, 0.15) is 12.2 Å². The average Bonchev–Trinajstić information content (AvgIpc) is 2.89. The smallest absolute Gasteiger partial charge is 0.223 e. The van der Waals surface area contributed by atoms with Crippen LogP contribution in [0.3, 0.4) is 0 Å². The highest BCUT2D eigenvalue weighted by atomic mass is 16.5. The summed E-state index contributed by atoms with van der Waals surface area (Å²) in [5, 5.41) is 0. The number of ether oxygens (including phenoxy) is 1. The highest BCUT2D eigenvalue weighted by molar-refractivity contribution is 5.76. The van der Waals surface area contributed by atoms with Gasteiger partial charge in [-0.15, -0.1) is 0 Å². The Morgan fingerprint density at radius 1 is 1.59 bits per heavy atom. The molecule has 0 saturated carbocycles. The van der Waals surface area contributed by atoms with Crippen LogP contribution in [0.5, 0.6) is 0 Å². The molecule has 0 spiro atoms. The first kappa shape index (κ1) is 12.1. The Kier molecular flexibility index (Phi) is 4.17. The fourth-order valence-corrected chi connectivity index (χ4v) is 2.01. The zero-order chi connectivity index (χ0) is 12.1. The number of nitrogens with two attached hydrogens (primary N) is 1. The molecule has 0 aromatic carbocycles. The number of morpholine rings is 1. The molecule has 0 bridgehead atoms. The van der Waals surface area contributed by atoms with Crippen molar-refractivity contribution in [3.8, 4) is 0 Å². The first-order valence-corrected chi connectivity index (χ1v) is 5.91. The summed E-state index contributed by atoms with van der Waals surface area (Å²) in [7, 11) is 0. The van der Waals surface area contributed by atoms with Gasteiger partial charge in [-0.05, 0) is 12.1 Å². The van der Waals surface area contributed by atoms with Gasteiger partial charge in [0, 0.05) is 25.9 Å². The largest absolute Gasteiger partial charge is 0.469 e. The molecule has 2 rings (SSSR count). The highest BCUT2D eigenvalue weighted by Crippen LogP contribution is 2.10. The maximum Gasteiger partial charge on any atom is 0.223 e. The third kappa shape index (κ3) is 3.08. The van der Waals surface area contributed by atoms with E-state index in [1.54, 1.807) is 6.26 Å². The first-order chi connectivity index (χ1) is 8.31. The molecule has 0 radical (unpaired) electrons. The van der Waals surface area contributed by atoms with E-state index in [-0.39, 0.29) is 11.9 Å². The van der Waals surface area contributed by atoms with Gasteiger partial charge in [0.1, 0.15) is 5.76 Å². The van der Waals surface area contributed by atoms with Gasteiger partial charge in [-0.1, -0.05) is 0 Å². The SMILES string of the molecule is NCC1COCCN1C(=O)CCc1ccco1. The van der Waals surface area contributed by atoms with Gasteiger partial charge in [0.25, 0.3) is 0 Å². The maximum atomic E-state index is 12.0. The van der Waals surface area contributed by atoms with Crippen molar-refractivity contribution in [1.29, 1.82) is 0 Å². The summed E-state index contributed by atoms with van der Waals surface area (Å²) in [4.78, 5) is 13.9. The molecule has 5 nitrogen and oxygen atoms in total. The fraction of sp³-hybridized carbons (Fsp3) is 0.583. The number of aryl methyl sites for hydroxylation is 1. The molecule has 1 atom stereocenters. The van der Waals surface area contributed by atoms with Crippen LogP contribution in [0.2, 0.25) is 0 Å². The van der Waals surface area contributed by atoms with Crippen LogP contribution in [0, 0.1) is 0 Å². The Morgan fingerprint density at radius 3 is 3.18 bits per heavy atom. The van der Waals surface area contributed by atoms with Gasteiger partial charge in [-0.2, -0.15) is 0 Å². The second-order valence-electron chi connectivity index (χ2n) is 4.13. The van der Waals surface area contributed by atoms with E-state index in [0.717, 1.165) is 5.76 Å². The van der Waals surface area contributed by atoms with Crippen molar-refractivity contribution in [1.82, 2.24) is 4.90 Å². The van der Waals surface area contributed by atoms with Gasteiger partial charge >= 0.3 is 0 Å². The van der Waals surface area contributed by atoms with Crippen molar-refractivity contribution < 1.29 is 13.9 Å². The second-order valence-corrected chi connectivity index (χ2v) is 4.13. The highest BCUT2D eigenvalue weighted by Gasteiger charge is 2.25. The fourth-order valence-electron chi connectivity index (χ4n) is 2.01. The molecule has 2 N–H and O–H groups in total. The van der Waals surface area contributed by atoms with Crippen LogP contribution < -0.4 is 5.73 Å². The van der Waals surface area contributed by atoms with E-state index in [2.05, 4.69) is 0 Å². The molecule has 1 saturated heterocycles. The van der Waals surface area contributed by atoms with Crippen molar-refractivity contribution in [2.45, 2.75) is 18.9 Å². The number of carbonyl (C=O) groups is 1. The number of carbonyl (C=O) groups excluding carboxylic acids is 1. The first-order valence-electron chi connectivity index (χ1n) is 5.91. The number of furan rings is 1. The summed E-state index contributed by atoms with van der Waals surface area (Å²) in [6, 6.07) is 3.73. The molecular formula is C12H18N2O3. The molecule has 17 heavy (non-hydrogen) atoms. The minimum atomic E-state index is 0.0212. The third-order valence-corrected chi connectivity index (χ3v) is 2.99. The molecule has 1 aliphatic heterocycles. The minimum Gasteiger partial charge on any atom is -0.469 e. The van der Waals surface area contributed by atoms with Crippen LogP contribution in [0.15, 0.2) is 22.8 Å². The summed E-state index contributed by atoms with van der Waals surface area (Å²) in [5.74, 6) is 0.969. The summed E-state index contributed by atoms with van der Waals surface area (Å²) >= 11 is 0. The van der Waals surface area contributed by atoms with E-state index in [9.17, 15) is 4.79 Å². The van der Waals surface area contributed by atoms with E-state index < -0.39 is 0 Å². The second kappa shape index (κ2) is 5.84. The maximum absolute atomic E-state index is 12.0. The molecule has 94 valence electrons. The topological polar surface area (TPSA) is 68.7 Å². The zero-order valence-electron chi connectivity index (χ0n) is 9.80. The summed E-state index contributed by atoms with van der Waals surface area (Å²) < 4.78 is 10.5. The van der Waals surface area contributed by atoms with Crippen LogP contribution in [-0.2, 0) is 16.0 Å². The molecule has 1 aliphatic rings. The van der Waals surface area contributed by atoms with Gasteiger partial charge < -0.3 is 19.8 Å². The van der Waals surface area contributed by atoms with Crippen molar-refractivity contribution in [3.05, 3.63) is 24.2 Å². The molecule has 0 aliphatic carbocycles. The van der Waals surface area contributed by atoms with E-state index >= 15 is 0 Å². The van der Waals surface area contributed by atoms with Crippen molar-refractivity contribution in [3.63, 3.8) is 0 Å². The van der Waals surface area contributed by atoms with Crippen LogP contribution in [-0.4, -0.2) is 43.2 Å². The molecule has 1 fully saturated rings. The van der Waals surface area contributed by atoms with E-state index in [0.29, 0.717) is 39.1 Å². The Labute approximate surface area is 101 Å². The van der Waals surface area contributed by atoms with E-state index in [1.807, 2.05) is 17.0 Å². The van der Waals surface area contributed by atoms with Crippen molar-refractivity contribution in [2.24, 2.45) is 5.73 Å². The number of amides is 1. The number of nitrogens with zero attached hydrogens (tertiary/aromatic N) is 1. The summed E-state index contributed by atoms with van der Waals surface area (Å²) in [6.45, 7) is 2.23. The Bertz CT molecular complexity index is 351. The molecule has 1 aromatic rings. The monoisotopic (exact) mass is 238 g/mol. The normalized spacial score (nSPS) is 20.5. The number of rotatable bonds is 4.